The molecule has 0 amide bonds. The van der Waals surface area contributed by atoms with E-state index in [9.17, 15) is 0 Å². The second kappa shape index (κ2) is 6.52. The van der Waals surface area contributed by atoms with Crippen LogP contribution in [0.4, 0.5) is 0 Å². The number of ether oxygens (including phenoxy) is 1. The normalized spacial score (nSPS) is 10.8. The number of pyridine rings is 1. The first-order valence-electron chi connectivity index (χ1n) is 8.60. The van der Waals surface area contributed by atoms with Crippen molar-refractivity contribution >= 4 is 11.4 Å². The van der Waals surface area contributed by atoms with Crippen LogP contribution in [0.5, 0.6) is 5.88 Å². The molecule has 2 aromatic heterocycles. The lowest BCUT2D eigenvalue weighted by molar-refractivity contribution is 0.492. The summed E-state index contributed by atoms with van der Waals surface area (Å²) in [4.78, 5) is 4.84. The van der Waals surface area contributed by atoms with Gasteiger partial charge in [-0.05, 0) is 25.5 Å². The van der Waals surface area contributed by atoms with Crippen LogP contribution in [-0.2, 0) is 0 Å². The predicted molar refractivity (Wildman–Crippen MR) is 106 cm³/mol. The van der Waals surface area contributed by atoms with Crippen molar-refractivity contribution in [3.8, 4) is 17.1 Å². The standard InChI is InChI=1S/C23H20N2O/c1-16-11-13-19(14-12-16)18(3)26-23-21(20-9-5-4-6-10-20)24-22-17(2)8-7-15-25(22)23/h4-15H,3H2,1-2H3. The Kier molecular flexibility index (Phi) is 4.05. The van der Waals surface area contributed by atoms with Gasteiger partial charge in [-0.1, -0.05) is 72.8 Å². The van der Waals surface area contributed by atoms with Gasteiger partial charge in [0.15, 0.2) is 0 Å². The van der Waals surface area contributed by atoms with Crippen molar-refractivity contribution in [3.05, 3.63) is 96.2 Å². The lowest BCUT2D eigenvalue weighted by Crippen LogP contribution is -1.98. The van der Waals surface area contributed by atoms with Crippen molar-refractivity contribution < 1.29 is 4.74 Å². The van der Waals surface area contributed by atoms with E-state index in [0.717, 1.165) is 28.0 Å². The molecule has 0 bridgehead atoms. The van der Waals surface area contributed by atoms with Crippen molar-refractivity contribution in [2.45, 2.75) is 13.8 Å². The van der Waals surface area contributed by atoms with Gasteiger partial charge in [-0.3, -0.25) is 4.40 Å². The fraction of sp³-hybridized carbons (Fsp3) is 0.0870. The third kappa shape index (κ3) is 2.88. The smallest absolute Gasteiger partial charge is 0.232 e. The molecule has 0 saturated heterocycles. The number of aromatic nitrogens is 2. The number of benzene rings is 2. The molecule has 0 radical (unpaired) electrons. The van der Waals surface area contributed by atoms with Crippen molar-refractivity contribution in [2.24, 2.45) is 0 Å². The van der Waals surface area contributed by atoms with E-state index in [0.29, 0.717) is 11.6 Å². The van der Waals surface area contributed by atoms with Crippen molar-refractivity contribution in [1.82, 2.24) is 9.38 Å². The monoisotopic (exact) mass is 340 g/mol. The SMILES string of the molecule is C=C(Oc1c(-c2ccccc2)nc2c(C)cccn12)c1ccc(C)cc1. The van der Waals surface area contributed by atoms with Crippen LogP contribution in [0.15, 0.2) is 79.5 Å². The van der Waals surface area contributed by atoms with Gasteiger partial charge in [0.25, 0.3) is 0 Å². The van der Waals surface area contributed by atoms with Gasteiger partial charge in [0.1, 0.15) is 17.1 Å². The molecule has 0 fully saturated rings. The van der Waals surface area contributed by atoms with Crippen LogP contribution in [0.1, 0.15) is 16.7 Å². The Hall–Kier alpha value is -3.33. The highest BCUT2D eigenvalue weighted by Crippen LogP contribution is 2.34. The summed E-state index contributed by atoms with van der Waals surface area (Å²) in [5, 5.41) is 0. The molecule has 3 heteroatoms. The number of fused-ring (bicyclic) bond motifs is 1. The quantitative estimate of drug-likeness (QED) is 0.448. The first-order chi connectivity index (χ1) is 12.6. The molecule has 0 aliphatic heterocycles. The summed E-state index contributed by atoms with van der Waals surface area (Å²) in [6.07, 6.45) is 1.97. The maximum atomic E-state index is 6.24. The largest absolute Gasteiger partial charge is 0.438 e. The number of hydrogen-bond acceptors (Lipinski definition) is 2. The van der Waals surface area contributed by atoms with Crippen LogP contribution >= 0.6 is 0 Å². The zero-order valence-corrected chi connectivity index (χ0v) is 14.9. The van der Waals surface area contributed by atoms with Gasteiger partial charge in [0, 0.05) is 17.3 Å². The minimum atomic E-state index is 0.602. The Morgan fingerprint density at radius 1 is 0.923 bits per heavy atom. The number of aryl methyl sites for hydroxylation is 2. The zero-order chi connectivity index (χ0) is 18.1. The van der Waals surface area contributed by atoms with E-state index in [4.69, 9.17) is 9.72 Å². The van der Waals surface area contributed by atoms with E-state index in [-0.39, 0.29) is 0 Å². The van der Waals surface area contributed by atoms with Gasteiger partial charge in [-0.15, -0.1) is 0 Å². The molecule has 4 rings (SSSR count). The average Bonchev–Trinajstić information content (AvgIpc) is 3.03. The third-order valence-electron chi connectivity index (χ3n) is 4.44. The Bertz CT molecular complexity index is 1080. The second-order valence-electron chi connectivity index (χ2n) is 6.41. The van der Waals surface area contributed by atoms with Gasteiger partial charge in [-0.2, -0.15) is 0 Å². The summed E-state index contributed by atoms with van der Waals surface area (Å²) in [6.45, 7) is 8.25. The van der Waals surface area contributed by atoms with Crippen LogP contribution in [0, 0.1) is 13.8 Å². The summed E-state index contributed by atoms with van der Waals surface area (Å²) in [6, 6.07) is 22.3. The van der Waals surface area contributed by atoms with Gasteiger partial charge < -0.3 is 4.74 Å². The van der Waals surface area contributed by atoms with Crippen molar-refractivity contribution in [1.29, 1.82) is 0 Å². The summed E-state index contributed by atoms with van der Waals surface area (Å²) < 4.78 is 8.22. The van der Waals surface area contributed by atoms with E-state index in [1.807, 2.05) is 59.1 Å². The fourth-order valence-electron chi connectivity index (χ4n) is 2.98. The number of nitrogens with zero attached hydrogens (tertiary/aromatic N) is 2. The molecular formula is C23H20N2O. The second-order valence-corrected chi connectivity index (χ2v) is 6.41. The minimum Gasteiger partial charge on any atom is -0.438 e. The van der Waals surface area contributed by atoms with Gasteiger partial charge in [-0.25, -0.2) is 4.98 Å². The predicted octanol–water partition coefficient (Wildman–Crippen LogP) is 5.67. The lowest BCUT2D eigenvalue weighted by atomic mass is 10.1. The van der Waals surface area contributed by atoms with E-state index >= 15 is 0 Å². The molecule has 2 aromatic carbocycles. The number of imidazole rings is 1. The van der Waals surface area contributed by atoms with E-state index in [1.54, 1.807) is 0 Å². The van der Waals surface area contributed by atoms with Crippen LogP contribution in [0.2, 0.25) is 0 Å². The van der Waals surface area contributed by atoms with Gasteiger partial charge in [0.2, 0.25) is 5.88 Å². The van der Waals surface area contributed by atoms with Crippen molar-refractivity contribution in [3.63, 3.8) is 0 Å². The van der Waals surface area contributed by atoms with Crippen molar-refractivity contribution in [2.75, 3.05) is 0 Å². The minimum absolute atomic E-state index is 0.602. The van der Waals surface area contributed by atoms with Crippen LogP contribution < -0.4 is 4.74 Å². The average molecular weight is 340 g/mol. The summed E-state index contributed by atoms with van der Waals surface area (Å²) in [7, 11) is 0. The van der Waals surface area contributed by atoms with Crippen LogP contribution in [-0.4, -0.2) is 9.38 Å². The van der Waals surface area contributed by atoms with E-state index < -0.39 is 0 Å². The highest BCUT2D eigenvalue weighted by molar-refractivity contribution is 5.73. The molecule has 0 atom stereocenters. The summed E-state index contributed by atoms with van der Waals surface area (Å²) in [5.41, 5.74) is 5.98. The Morgan fingerprint density at radius 3 is 2.38 bits per heavy atom. The first-order valence-corrected chi connectivity index (χ1v) is 8.60. The molecule has 0 unspecified atom stereocenters. The Balaban J connectivity index is 1.83. The molecule has 3 nitrogen and oxygen atoms in total. The van der Waals surface area contributed by atoms with E-state index in [2.05, 4.69) is 38.6 Å². The number of hydrogen-bond donors (Lipinski definition) is 0. The Labute approximate surface area is 153 Å². The summed E-state index contributed by atoms with van der Waals surface area (Å²) >= 11 is 0. The Morgan fingerprint density at radius 2 is 1.65 bits per heavy atom. The molecule has 26 heavy (non-hydrogen) atoms. The van der Waals surface area contributed by atoms with Crippen LogP contribution in [0.25, 0.3) is 22.7 Å². The van der Waals surface area contributed by atoms with Gasteiger partial charge in [0.05, 0.1) is 0 Å². The molecule has 2 heterocycles. The lowest BCUT2D eigenvalue weighted by Gasteiger charge is -2.11. The van der Waals surface area contributed by atoms with Gasteiger partial charge >= 0.3 is 0 Å². The molecule has 0 aliphatic carbocycles. The maximum absolute atomic E-state index is 6.24. The highest BCUT2D eigenvalue weighted by atomic mass is 16.5. The van der Waals surface area contributed by atoms with E-state index in [1.165, 1.54) is 5.56 Å². The zero-order valence-electron chi connectivity index (χ0n) is 14.9. The molecule has 0 N–H and O–H groups in total. The maximum Gasteiger partial charge on any atom is 0.232 e. The third-order valence-corrected chi connectivity index (χ3v) is 4.44. The molecule has 0 aliphatic rings. The molecule has 128 valence electrons. The molecule has 4 aromatic rings. The first kappa shape index (κ1) is 16.2. The number of rotatable bonds is 4. The van der Waals surface area contributed by atoms with Crippen LogP contribution in [0.3, 0.4) is 0 Å². The highest BCUT2D eigenvalue weighted by Gasteiger charge is 2.18. The molecule has 0 saturated carbocycles. The fourth-order valence-corrected chi connectivity index (χ4v) is 2.98. The summed E-state index contributed by atoms with van der Waals surface area (Å²) in [5.74, 6) is 1.28. The topological polar surface area (TPSA) is 26.5 Å². The molecule has 0 spiro atoms. The molecular weight excluding hydrogens is 320 g/mol.